The van der Waals surface area contributed by atoms with Crippen LogP contribution >= 0.6 is 0 Å². The maximum absolute atomic E-state index is 11.7. The van der Waals surface area contributed by atoms with E-state index in [0.717, 1.165) is 18.8 Å². The number of carbonyl (C=O) groups is 2. The number of carbonyl (C=O) groups excluding carboxylic acids is 1. The Hall–Kier alpha value is -1.26. The maximum atomic E-state index is 11.7. The van der Waals surface area contributed by atoms with Gasteiger partial charge in [0.05, 0.1) is 0 Å². The van der Waals surface area contributed by atoms with E-state index in [1.54, 1.807) is 0 Å². The summed E-state index contributed by atoms with van der Waals surface area (Å²) < 4.78 is 0. The van der Waals surface area contributed by atoms with Gasteiger partial charge in [-0.3, -0.25) is 4.79 Å². The summed E-state index contributed by atoms with van der Waals surface area (Å²) in [6.07, 6.45) is 6.34. The maximum Gasteiger partial charge on any atom is 0.315 e. The van der Waals surface area contributed by atoms with E-state index < -0.39 is 11.5 Å². The molecular weight excluding hydrogens is 268 g/mol. The molecule has 0 heterocycles. The smallest absolute Gasteiger partial charge is 0.315 e. The van der Waals surface area contributed by atoms with E-state index in [4.69, 9.17) is 5.11 Å². The second kappa shape index (κ2) is 10.5. The molecule has 0 saturated carbocycles. The molecule has 2 amide bonds. The highest BCUT2D eigenvalue weighted by atomic mass is 16.4. The molecular formula is C16H32N2O3. The van der Waals surface area contributed by atoms with Crippen LogP contribution in [0, 0.1) is 5.92 Å². The van der Waals surface area contributed by atoms with E-state index >= 15 is 0 Å². The zero-order valence-corrected chi connectivity index (χ0v) is 14.0. The Morgan fingerprint density at radius 2 is 1.71 bits per heavy atom. The van der Waals surface area contributed by atoms with Crippen LogP contribution < -0.4 is 10.6 Å². The molecule has 3 N–H and O–H groups in total. The van der Waals surface area contributed by atoms with Crippen molar-refractivity contribution in [3.63, 3.8) is 0 Å². The van der Waals surface area contributed by atoms with Crippen LogP contribution in [0.3, 0.4) is 0 Å². The van der Waals surface area contributed by atoms with Crippen molar-refractivity contribution in [3.05, 3.63) is 0 Å². The SMILES string of the molecule is CC(C)CCCCCCNC(=O)NC(C)(C)CCC(=O)O. The molecule has 0 atom stereocenters. The monoisotopic (exact) mass is 300 g/mol. The fourth-order valence-electron chi connectivity index (χ4n) is 2.07. The van der Waals surface area contributed by atoms with Crippen molar-refractivity contribution in [2.45, 2.75) is 78.2 Å². The third kappa shape index (κ3) is 13.5. The first kappa shape index (κ1) is 19.7. The number of carboxylic acids is 1. The van der Waals surface area contributed by atoms with Crippen molar-refractivity contribution in [2.24, 2.45) is 5.92 Å². The Morgan fingerprint density at radius 1 is 1.10 bits per heavy atom. The second-order valence-corrected chi connectivity index (χ2v) is 6.76. The van der Waals surface area contributed by atoms with Crippen LogP contribution in [0.2, 0.25) is 0 Å². The molecule has 0 radical (unpaired) electrons. The molecule has 0 aliphatic rings. The van der Waals surface area contributed by atoms with Crippen molar-refractivity contribution >= 4 is 12.0 Å². The summed E-state index contributed by atoms with van der Waals surface area (Å²) in [4.78, 5) is 22.3. The van der Waals surface area contributed by atoms with Crippen molar-refractivity contribution in [1.82, 2.24) is 10.6 Å². The average Bonchev–Trinajstić information content (AvgIpc) is 2.34. The Labute approximate surface area is 128 Å². The summed E-state index contributed by atoms with van der Waals surface area (Å²) in [6, 6.07) is -0.215. The molecule has 124 valence electrons. The number of nitrogens with one attached hydrogen (secondary N) is 2. The topological polar surface area (TPSA) is 78.4 Å². The number of carboxylic acid groups (broad SMARTS) is 1. The predicted octanol–water partition coefficient (Wildman–Crippen LogP) is 3.54. The molecule has 5 nitrogen and oxygen atoms in total. The lowest BCUT2D eigenvalue weighted by Crippen LogP contribution is -2.48. The van der Waals surface area contributed by atoms with Crippen LogP contribution in [0.15, 0.2) is 0 Å². The summed E-state index contributed by atoms with van der Waals surface area (Å²) in [5.74, 6) is -0.0754. The minimum atomic E-state index is -0.841. The molecule has 0 aliphatic heterocycles. The number of urea groups is 1. The molecule has 0 rings (SSSR count). The number of unbranched alkanes of at least 4 members (excludes halogenated alkanes) is 3. The molecule has 21 heavy (non-hydrogen) atoms. The molecule has 0 aliphatic carbocycles. The first-order valence-corrected chi connectivity index (χ1v) is 8.01. The van der Waals surface area contributed by atoms with Gasteiger partial charge in [0.15, 0.2) is 0 Å². The van der Waals surface area contributed by atoms with E-state index in [0.29, 0.717) is 13.0 Å². The molecule has 0 bridgehead atoms. The van der Waals surface area contributed by atoms with Gasteiger partial charge < -0.3 is 15.7 Å². The van der Waals surface area contributed by atoms with Crippen molar-refractivity contribution < 1.29 is 14.7 Å². The third-order valence-corrected chi connectivity index (χ3v) is 3.41. The van der Waals surface area contributed by atoms with Crippen molar-refractivity contribution in [1.29, 1.82) is 0 Å². The molecule has 0 spiro atoms. The lowest BCUT2D eigenvalue weighted by atomic mass is 9.99. The van der Waals surface area contributed by atoms with Gasteiger partial charge in [0.1, 0.15) is 0 Å². The quantitative estimate of drug-likeness (QED) is 0.511. The van der Waals surface area contributed by atoms with Gasteiger partial charge in [-0.2, -0.15) is 0 Å². The van der Waals surface area contributed by atoms with Gasteiger partial charge in [0.25, 0.3) is 0 Å². The highest BCUT2D eigenvalue weighted by molar-refractivity contribution is 5.74. The molecule has 0 fully saturated rings. The molecule has 5 heteroatoms. The van der Waals surface area contributed by atoms with Gasteiger partial charge in [0, 0.05) is 18.5 Å². The lowest BCUT2D eigenvalue weighted by Gasteiger charge is -2.25. The van der Waals surface area contributed by atoms with Crippen molar-refractivity contribution in [2.75, 3.05) is 6.54 Å². The van der Waals surface area contributed by atoms with Gasteiger partial charge in [0.2, 0.25) is 0 Å². The zero-order chi connectivity index (χ0) is 16.3. The van der Waals surface area contributed by atoms with Gasteiger partial charge in [-0.05, 0) is 32.6 Å². The van der Waals surface area contributed by atoms with Gasteiger partial charge in [-0.25, -0.2) is 4.79 Å². The van der Waals surface area contributed by atoms with Crippen LogP contribution in [0.25, 0.3) is 0 Å². The standard InChI is InChI=1S/C16H32N2O3/c1-13(2)9-7-5-6-8-12-17-15(21)18-16(3,4)11-10-14(19)20/h13H,5-12H2,1-4H3,(H,19,20)(H2,17,18,21). The molecule has 0 unspecified atom stereocenters. The first-order valence-electron chi connectivity index (χ1n) is 8.01. The van der Waals surface area contributed by atoms with E-state index in [9.17, 15) is 9.59 Å². The Bertz CT molecular complexity index is 315. The largest absolute Gasteiger partial charge is 0.481 e. The third-order valence-electron chi connectivity index (χ3n) is 3.41. The number of amides is 2. The highest BCUT2D eigenvalue weighted by Gasteiger charge is 2.21. The van der Waals surface area contributed by atoms with Crippen LogP contribution in [0.4, 0.5) is 4.79 Å². The Balaban J connectivity index is 3.63. The van der Waals surface area contributed by atoms with E-state index in [1.807, 2.05) is 13.8 Å². The minimum Gasteiger partial charge on any atom is -0.481 e. The summed E-state index contributed by atoms with van der Waals surface area (Å²) in [6.45, 7) is 8.81. The number of rotatable bonds is 11. The lowest BCUT2D eigenvalue weighted by molar-refractivity contribution is -0.137. The molecule has 0 aromatic heterocycles. The number of aliphatic carboxylic acids is 1. The van der Waals surface area contributed by atoms with E-state index in [-0.39, 0.29) is 12.5 Å². The minimum absolute atomic E-state index is 0.0587. The Morgan fingerprint density at radius 3 is 2.29 bits per heavy atom. The Kier molecular flexibility index (Phi) is 9.84. The fourth-order valence-corrected chi connectivity index (χ4v) is 2.07. The average molecular weight is 300 g/mol. The van der Waals surface area contributed by atoms with Gasteiger partial charge in [-0.1, -0.05) is 39.5 Å². The summed E-state index contributed by atoms with van der Waals surface area (Å²) >= 11 is 0. The first-order chi connectivity index (χ1) is 9.73. The van der Waals surface area contributed by atoms with Crippen LogP contribution in [-0.2, 0) is 4.79 Å². The molecule has 0 aromatic carbocycles. The summed E-state index contributed by atoms with van der Waals surface area (Å²) in [7, 11) is 0. The number of hydrogen-bond donors (Lipinski definition) is 3. The van der Waals surface area contributed by atoms with E-state index in [2.05, 4.69) is 24.5 Å². The van der Waals surface area contributed by atoms with Crippen LogP contribution in [0.1, 0.15) is 72.6 Å². The number of hydrogen-bond acceptors (Lipinski definition) is 2. The van der Waals surface area contributed by atoms with E-state index in [1.165, 1.54) is 19.3 Å². The predicted molar refractivity (Wildman–Crippen MR) is 85.4 cm³/mol. The second-order valence-electron chi connectivity index (χ2n) is 6.76. The van der Waals surface area contributed by atoms with Crippen LogP contribution in [0.5, 0.6) is 0 Å². The normalized spacial score (nSPS) is 11.5. The zero-order valence-electron chi connectivity index (χ0n) is 14.0. The molecule has 0 saturated heterocycles. The van der Waals surface area contributed by atoms with Gasteiger partial charge in [-0.15, -0.1) is 0 Å². The summed E-state index contributed by atoms with van der Waals surface area (Å²) in [5, 5.41) is 14.3. The van der Waals surface area contributed by atoms with Gasteiger partial charge >= 0.3 is 12.0 Å². The summed E-state index contributed by atoms with van der Waals surface area (Å²) in [5.41, 5.74) is -0.500. The van der Waals surface area contributed by atoms with Crippen LogP contribution in [-0.4, -0.2) is 29.2 Å². The highest BCUT2D eigenvalue weighted by Crippen LogP contribution is 2.11. The van der Waals surface area contributed by atoms with Crippen molar-refractivity contribution in [3.8, 4) is 0 Å². The fraction of sp³-hybridized carbons (Fsp3) is 0.875. The molecule has 0 aromatic rings.